The maximum absolute atomic E-state index is 12.2. The number of carbonyl (C=O) groups is 1. The van der Waals surface area contributed by atoms with Gasteiger partial charge in [0.05, 0.1) is 11.3 Å². The fourth-order valence-corrected chi connectivity index (χ4v) is 2.36. The van der Waals surface area contributed by atoms with Crippen LogP contribution in [-0.4, -0.2) is 44.7 Å². The van der Waals surface area contributed by atoms with Gasteiger partial charge in [0.15, 0.2) is 0 Å². The van der Waals surface area contributed by atoms with Crippen molar-refractivity contribution >= 4 is 17.4 Å². The number of carbonyl (C=O) groups excluding carboxylic acids is 1. The maximum Gasteiger partial charge on any atom is 0.267 e. The topological polar surface area (TPSA) is 66.3 Å². The van der Waals surface area contributed by atoms with Crippen LogP contribution in [0.2, 0.25) is 0 Å². The van der Waals surface area contributed by atoms with E-state index < -0.39 is 5.60 Å². The molecule has 0 unspecified atom stereocenters. The van der Waals surface area contributed by atoms with Gasteiger partial charge in [0, 0.05) is 13.6 Å². The van der Waals surface area contributed by atoms with E-state index in [9.17, 15) is 9.90 Å². The van der Waals surface area contributed by atoms with Crippen LogP contribution >= 0.6 is 11.5 Å². The summed E-state index contributed by atoms with van der Waals surface area (Å²) in [6.07, 6.45) is 0. The number of nitrogens with zero attached hydrogens (tertiary/aromatic N) is 3. The molecule has 0 aliphatic carbocycles. The third kappa shape index (κ3) is 3.74. The number of hydrogen-bond donors (Lipinski definition) is 1. The minimum absolute atomic E-state index is 0.133. The van der Waals surface area contributed by atoms with Crippen LogP contribution in [-0.2, 0) is 0 Å². The molecule has 0 saturated heterocycles. The summed E-state index contributed by atoms with van der Waals surface area (Å²) >= 11 is 1.11. The van der Waals surface area contributed by atoms with Crippen molar-refractivity contribution in [1.29, 1.82) is 0 Å². The highest BCUT2D eigenvalue weighted by molar-refractivity contribution is 7.08. The van der Waals surface area contributed by atoms with Gasteiger partial charge in [-0.1, -0.05) is 18.3 Å². The van der Waals surface area contributed by atoms with Crippen molar-refractivity contribution < 1.29 is 9.90 Å². The Morgan fingerprint density at radius 3 is 2.59 bits per heavy atom. The molecule has 0 aliphatic heterocycles. The van der Waals surface area contributed by atoms with Crippen LogP contribution in [0.4, 0.5) is 0 Å². The molecule has 6 heteroatoms. The fraction of sp³-hybridized carbons (Fsp3) is 0.727. The number of likely N-dealkylation sites (N-methyl/N-ethyl adjacent to an activating group) is 1. The molecule has 0 aromatic carbocycles. The fourth-order valence-electron chi connectivity index (χ4n) is 1.55. The average Bonchev–Trinajstić information content (AvgIpc) is 2.61. The molecule has 0 saturated carbocycles. The zero-order chi connectivity index (χ0) is 13.2. The minimum Gasteiger partial charge on any atom is -0.389 e. The Morgan fingerprint density at radius 1 is 1.53 bits per heavy atom. The predicted molar refractivity (Wildman–Crippen MR) is 67.3 cm³/mol. The van der Waals surface area contributed by atoms with Crippen LogP contribution in [0.3, 0.4) is 0 Å². The van der Waals surface area contributed by atoms with Gasteiger partial charge in [0.25, 0.3) is 5.91 Å². The predicted octanol–water partition coefficient (Wildman–Crippen LogP) is 1.50. The second-order valence-electron chi connectivity index (χ2n) is 5.12. The summed E-state index contributed by atoms with van der Waals surface area (Å²) in [5, 5.41) is 13.7. The summed E-state index contributed by atoms with van der Waals surface area (Å²) < 4.78 is 3.82. The molecule has 0 spiro atoms. The van der Waals surface area contributed by atoms with Gasteiger partial charge in [-0.05, 0) is 31.3 Å². The maximum atomic E-state index is 12.2. The average molecular weight is 257 g/mol. The van der Waals surface area contributed by atoms with Gasteiger partial charge in [-0.3, -0.25) is 4.79 Å². The molecule has 1 amide bonds. The van der Waals surface area contributed by atoms with Crippen molar-refractivity contribution in [1.82, 2.24) is 14.5 Å². The Morgan fingerprint density at radius 2 is 2.12 bits per heavy atom. The quantitative estimate of drug-likeness (QED) is 0.887. The van der Waals surface area contributed by atoms with E-state index in [2.05, 4.69) is 9.59 Å². The van der Waals surface area contributed by atoms with Crippen molar-refractivity contribution in [2.45, 2.75) is 39.2 Å². The first-order chi connectivity index (χ1) is 7.72. The summed E-state index contributed by atoms with van der Waals surface area (Å²) in [6.45, 7) is 7.57. The second-order valence-corrected chi connectivity index (χ2v) is 5.87. The summed E-state index contributed by atoms with van der Waals surface area (Å²) in [4.78, 5) is 14.2. The van der Waals surface area contributed by atoms with Crippen molar-refractivity contribution in [3.63, 3.8) is 0 Å². The molecule has 0 bridgehead atoms. The number of rotatable bonds is 4. The molecule has 5 nitrogen and oxygen atoms in total. The lowest BCUT2D eigenvalue weighted by atomic mass is 10.1. The van der Waals surface area contributed by atoms with Gasteiger partial charge in [0.2, 0.25) is 0 Å². The van der Waals surface area contributed by atoms with Gasteiger partial charge in [-0.2, -0.15) is 0 Å². The van der Waals surface area contributed by atoms with Gasteiger partial charge in [0.1, 0.15) is 4.88 Å². The summed E-state index contributed by atoms with van der Waals surface area (Å²) in [6, 6.07) is 0. The number of hydrogen-bond acceptors (Lipinski definition) is 5. The van der Waals surface area contributed by atoms with Crippen LogP contribution in [0.25, 0.3) is 0 Å². The van der Waals surface area contributed by atoms with Crippen LogP contribution in [0, 0.1) is 0 Å². The second kappa shape index (κ2) is 5.10. The minimum atomic E-state index is -0.902. The molecule has 17 heavy (non-hydrogen) atoms. The first-order valence-electron chi connectivity index (χ1n) is 5.52. The van der Waals surface area contributed by atoms with E-state index in [4.69, 9.17) is 0 Å². The first-order valence-corrected chi connectivity index (χ1v) is 6.30. The lowest BCUT2D eigenvalue weighted by molar-refractivity contribution is 0.0369. The highest BCUT2D eigenvalue weighted by atomic mass is 32.1. The molecule has 1 aromatic rings. The Bertz CT molecular complexity index is 396. The van der Waals surface area contributed by atoms with Gasteiger partial charge in [-0.15, -0.1) is 5.10 Å². The molecule has 0 aliphatic rings. The van der Waals surface area contributed by atoms with Gasteiger partial charge in [-0.25, -0.2) is 0 Å². The Kier molecular flexibility index (Phi) is 4.21. The van der Waals surface area contributed by atoms with E-state index in [0.717, 1.165) is 17.2 Å². The molecule has 0 atom stereocenters. The zero-order valence-electron chi connectivity index (χ0n) is 10.9. The van der Waals surface area contributed by atoms with E-state index >= 15 is 0 Å². The molecule has 1 aromatic heterocycles. The Hall–Kier alpha value is -1.01. The summed E-state index contributed by atoms with van der Waals surface area (Å²) in [5.41, 5.74) is -0.178. The SMILES string of the molecule is CC(C)c1nnsc1C(=O)N(C)CC(C)(C)O. The van der Waals surface area contributed by atoms with E-state index in [-0.39, 0.29) is 18.4 Å². The van der Waals surface area contributed by atoms with Crippen LogP contribution in [0.15, 0.2) is 0 Å². The smallest absolute Gasteiger partial charge is 0.267 e. The standard InChI is InChI=1S/C11H19N3O2S/c1-7(2)8-9(17-13-12-8)10(15)14(5)6-11(3,4)16/h7,16H,6H2,1-5H3. The largest absolute Gasteiger partial charge is 0.389 e. The van der Waals surface area contributed by atoms with Gasteiger partial charge >= 0.3 is 0 Å². The molecular weight excluding hydrogens is 238 g/mol. The van der Waals surface area contributed by atoms with Crippen molar-refractivity contribution in [2.24, 2.45) is 0 Å². The normalized spacial score (nSPS) is 11.9. The third-order valence-corrected chi connectivity index (χ3v) is 2.95. The summed E-state index contributed by atoms with van der Waals surface area (Å²) in [7, 11) is 1.67. The van der Waals surface area contributed by atoms with E-state index in [0.29, 0.717) is 4.88 Å². The van der Waals surface area contributed by atoms with Crippen molar-refractivity contribution in [2.75, 3.05) is 13.6 Å². The highest BCUT2D eigenvalue weighted by Crippen LogP contribution is 2.21. The van der Waals surface area contributed by atoms with E-state index in [1.807, 2.05) is 13.8 Å². The molecule has 1 rings (SSSR count). The number of amides is 1. The van der Waals surface area contributed by atoms with E-state index in [1.54, 1.807) is 20.9 Å². The van der Waals surface area contributed by atoms with Crippen molar-refractivity contribution in [3.05, 3.63) is 10.6 Å². The zero-order valence-corrected chi connectivity index (χ0v) is 11.7. The molecule has 1 N–H and O–H groups in total. The lowest BCUT2D eigenvalue weighted by Crippen LogP contribution is -2.39. The first kappa shape index (κ1) is 14.1. The molecular formula is C11H19N3O2S. The Labute approximate surface area is 106 Å². The van der Waals surface area contributed by atoms with Crippen LogP contribution in [0.1, 0.15) is 49.0 Å². The van der Waals surface area contributed by atoms with Gasteiger partial charge < -0.3 is 10.0 Å². The third-order valence-electron chi connectivity index (χ3n) is 2.23. The molecule has 0 fully saturated rings. The lowest BCUT2D eigenvalue weighted by Gasteiger charge is -2.25. The van der Waals surface area contributed by atoms with E-state index in [1.165, 1.54) is 4.90 Å². The summed E-state index contributed by atoms with van der Waals surface area (Å²) in [5.74, 6) is 0.0362. The molecule has 96 valence electrons. The Balaban J connectivity index is 2.86. The number of aliphatic hydroxyl groups is 1. The van der Waals surface area contributed by atoms with Crippen LogP contribution in [0.5, 0.6) is 0 Å². The highest BCUT2D eigenvalue weighted by Gasteiger charge is 2.25. The number of aromatic nitrogens is 2. The van der Waals surface area contributed by atoms with Crippen molar-refractivity contribution in [3.8, 4) is 0 Å². The molecule has 0 radical (unpaired) electrons. The monoisotopic (exact) mass is 257 g/mol. The molecule has 1 heterocycles. The van der Waals surface area contributed by atoms with Crippen LogP contribution < -0.4 is 0 Å².